The average molecular weight is 475 g/mol. The Labute approximate surface area is 200 Å². The molecule has 5 rings (SSSR count). The first-order chi connectivity index (χ1) is 16.4. The lowest BCUT2D eigenvalue weighted by Crippen LogP contribution is -2.37. The van der Waals surface area contributed by atoms with Crippen LogP contribution < -0.4 is 11.1 Å². The van der Waals surface area contributed by atoms with Crippen molar-refractivity contribution < 1.29 is 19.2 Å². The highest BCUT2D eigenvalue weighted by Crippen LogP contribution is 2.37. The van der Waals surface area contributed by atoms with E-state index in [2.05, 4.69) is 22.3 Å². The van der Waals surface area contributed by atoms with Gasteiger partial charge in [-0.15, -0.1) is 11.3 Å². The van der Waals surface area contributed by atoms with Crippen molar-refractivity contribution in [3.05, 3.63) is 87.3 Å². The van der Waals surface area contributed by atoms with Crippen molar-refractivity contribution in [2.45, 2.75) is 19.5 Å². The second-order valence-corrected chi connectivity index (χ2v) is 9.41. The van der Waals surface area contributed by atoms with Gasteiger partial charge in [0.15, 0.2) is 0 Å². The Balaban J connectivity index is 1.32. The van der Waals surface area contributed by atoms with Crippen LogP contribution in [-0.2, 0) is 24.3 Å². The zero-order valence-corrected chi connectivity index (χ0v) is 19.1. The van der Waals surface area contributed by atoms with E-state index < -0.39 is 30.2 Å². The quantitative estimate of drug-likeness (QED) is 0.534. The number of amides is 4. The predicted molar refractivity (Wildman–Crippen MR) is 128 cm³/mol. The summed E-state index contributed by atoms with van der Waals surface area (Å²) in [5.41, 5.74) is 8.60. The second kappa shape index (κ2) is 8.85. The lowest BCUT2D eigenvalue weighted by atomic mass is 10.0. The minimum absolute atomic E-state index is 0.281. The van der Waals surface area contributed by atoms with Crippen LogP contribution in [0, 0.1) is 0 Å². The van der Waals surface area contributed by atoms with Gasteiger partial charge in [-0.1, -0.05) is 42.5 Å². The molecule has 3 heterocycles. The molecule has 0 radical (unpaired) electrons. The fourth-order valence-corrected chi connectivity index (χ4v) is 5.79. The summed E-state index contributed by atoms with van der Waals surface area (Å²) in [6, 6.07) is 16.6. The number of hydrogen-bond donors (Lipinski definition) is 2. The number of carbonyl (C=O) groups is 4. The molecule has 3 N–H and O–H groups in total. The highest BCUT2D eigenvalue weighted by molar-refractivity contribution is 7.17. The van der Waals surface area contributed by atoms with Gasteiger partial charge < -0.3 is 11.1 Å². The van der Waals surface area contributed by atoms with Gasteiger partial charge in [0.1, 0.15) is 11.5 Å². The molecule has 0 aliphatic carbocycles. The number of nitrogens with one attached hydrogen (secondary N) is 1. The Bertz CT molecular complexity index is 1280. The molecule has 3 aromatic rings. The van der Waals surface area contributed by atoms with E-state index in [-0.39, 0.29) is 11.1 Å². The molecule has 0 saturated heterocycles. The topological polar surface area (TPSA) is 113 Å². The van der Waals surface area contributed by atoms with Gasteiger partial charge in [-0.05, 0) is 29.7 Å². The fourth-order valence-electron chi connectivity index (χ4n) is 4.47. The van der Waals surface area contributed by atoms with Crippen molar-refractivity contribution in [2.75, 3.05) is 18.4 Å². The molecule has 8 nitrogen and oxygen atoms in total. The van der Waals surface area contributed by atoms with E-state index in [0.717, 1.165) is 28.4 Å². The van der Waals surface area contributed by atoms with E-state index in [4.69, 9.17) is 5.73 Å². The van der Waals surface area contributed by atoms with Gasteiger partial charge in [0.2, 0.25) is 5.91 Å². The van der Waals surface area contributed by atoms with E-state index in [1.165, 1.54) is 16.9 Å². The molecule has 2 aliphatic rings. The van der Waals surface area contributed by atoms with Crippen molar-refractivity contribution in [1.29, 1.82) is 0 Å². The predicted octanol–water partition coefficient (Wildman–Crippen LogP) is 2.64. The third-order valence-electron chi connectivity index (χ3n) is 6.06. The molecule has 1 aromatic heterocycles. The molecule has 172 valence electrons. The number of nitrogens with zero attached hydrogens (tertiary/aromatic N) is 2. The molecule has 34 heavy (non-hydrogen) atoms. The summed E-state index contributed by atoms with van der Waals surface area (Å²) in [4.78, 5) is 54.3. The summed E-state index contributed by atoms with van der Waals surface area (Å²) in [5, 5.41) is 3.08. The molecular weight excluding hydrogens is 452 g/mol. The lowest BCUT2D eigenvalue weighted by molar-refractivity contribution is -0.116. The van der Waals surface area contributed by atoms with Crippen molar-refractivity contribution >= 4 is 40.0 Å². The molecule has 9 heteroatoms. The number of anilines is 1. The van der Waals surface area contributed by atoms with E-state index in [0.29, 0.717) is 23.5 Å². The summed E-state index contributed by atoms with van der Waals surface area (Å²) >= 11 is 1.32. The van der Waals surface area contributed by atoms with Crippen LogP contribution in [0.5, 0.6) is 0 Å². The van der Waals surface area contributed by atoms with Gasteiger partial charge in [-0.3, -0.25) is 29.0 Å². The monoisotopic (exact) mass is 474 g/mol. The third kappa shape index (κ3) is 4.00. The maximum absolute atomic E-state index is 12.8. The number of hydrogen-bond acceptors (Lipinski definition) is 6. The molecule has 0 spiro atoms. The van der Waals surface area contributed by atoms with Gasteiger partial charge in [-0.2, -0.15) is 0 Å². The van der Waals surface area contributed by atoms with Crippen LogP contribution in [0.15, 0.2) is 54.6 Å². The Hall–Kier alpha value is -3.82. The Morgan fingerprint density at radius 2 is 1.62 bits per heavy atom. The number of rotatable bonds is 6. The third-order valence-corrected chi connectivity index (χ3v) is 7.20. The van der Waals surface area contributed by atoms with E-state index in [1.807, 2.05) is 18.2 Å². The number of thiophene rings is 1. The van der Waals surface area contributed by atoms with Crippen LogP contribution in [0.25, 0.3) is 0 Å². The summed E-state index contributed by atoms with van der Waals surface area (Å²) in [6.07, 6.45) is 0.644. The van der Waals surface area contributed by atoms with Crippen LogP contribution in [0.4, 0.5) is 5.00 Å². The van der Waals surface area contributed by atoms with Crippen LogP contribution in [0.1, 0.15) is 47.1 Å². The maximum Gasteiger partial charge on any atom is 0.262 e. The Morgan fingerprint density at radius 3 is 2.26 bits per heavy atom. The number of benzene rings is 2. The Morgan fingerprint density at radius 1 is 0.971 bits per heavy atom. The standard InChI is InChI=1S/C25H22N4O4S/c26-22(31)21-18-10-11-28(12-15-6-2-1-3-7-15)13-19(18)34-23(21)27-20(30)14-29-24(32)16-8-4-5-9-17(16)25(29)33/h1-9H,10-14H2,(H2,26,31)(H,27,30). The molecule has 0 bridgehead atoms. The van der Waals surface area contributed by atoms with Gasteiger partial charge in [-0.25, -0.2) is 0 Å². The molecule has 4 amide bonds. The van der Waals surface area contributed by atoms with Crippen LogP contribution in [-0.4, -0.2) is 46.5 Å². The zero-order valence-electron chi connectivity index (χ0n) is 18.2. The average Bonchev–Trinajstić information content (AvgIpc) is 3.30. The van der Waals surface area contributed by atoms with Crippen molar-refractivity contribution in [3.8, 4) is 0 Å². The van der Waals surface area contributed by atoms with Gasteiger partial charge >= 0.3 is 0 Å². The van der Waals surface area contributed by atoms with Gasteiger partial charge in [0, 0.05) is 24.5 Å². The van der Waals surface area contributed by atoms with Crippen LogP contribution >= 0.6 is 11.3 Å². The van der Waals surface area contributed by atoms with Gasteiger partial charge in [0.05, 0.1) is 16.7 Å². The minimum atomic E-state index is -0.606. The summed E-state index contributed by atoms with van der Waals surface area (Å²) in [7, 11) is 0. The highest BCUT2D eigenvalue weighted by Gasteiger charge is 2.36. The van der Waals surface area contributed by atoms with Crippen LogP contribution in [0.3, 0.4) is 0 Å². The van der Waals surface area contributed by atoms with E-state index in [9.17, 15) is 19.2 Å². The smallest absolute Gasteiger partial charge is 0.262 e. The molecule has 0 unspecified atom stereocenters. The molecule has 0 atom stereocenters. The largest absolute Gasteiger partial charge is 0.365 e. The SMILES string of the molecule is NC(=O)c1c(NC(=O)CN2C(=O)c3ccccc3C2=O)sc2c1CCN(Cc1ccccc1)C2. The minimum Gasteiger partial charge on any atom is -0.365 e. The first kappa shape index (κ1) is 22.0. The first-order valence-electron chi connectivity index (χ1n) is 10.9. The Kier molecular flexibility index (Phi) is 5.72. The summed E-state index contributed by atoms with van der Waals surface area (Å²) in [6.45, 7) is 1.75. The normalized spacial score (nSPS) is 15.2. The summed E-state index contributed by atoms with van der Waals surface area (Å²) < 4.78 is 0. The number of carbonyl (C=O) groups excluding carboxylic acids is 4. The molecule has 0 saturated carbocycles. The molecule has 2 aromatic carbocycles. The van der Waals surface area contributed by atoms with Crippen molar-refractivity contribution in [2.24, 2.45) is 5.73 Å². The molecule has 2 aliphatic heterocycles. The van der Waals surface area contributed by atoms with Gasteiger partial charge in [0.25, 0.3) is 17.7 Å². The van der Waals surface area contributed by atoms with Crippen LogP contribution in [0.2, 0.25) is 0 Å². The highest BCUT2D eigenvalue weighted by atomic mass is 32.1. The molecular formula is C25H22N4O4S. The van der Waals surface area contributed by atoms with Crippen molar-refractivity contribution in [3.63, 3.8) is 0 Å². The summed E-state index contributed by atoms with van der Waals surface area (Å²) in [5.74, 6) is -2.18. The first-order valence-corrected chi connectivity index (χ1v) is 11.7. The number of imide groups is 1. The number of primary amides is 1. The second-order valence-electron chi connectivity index (χ2n) is 8.31. The fraction of sp³-hybridized carbons (Fsp3) is 0.200. The van der Waals surface area contributed by atoms with E-state index >= 15 is 0 Å². The maximum atomic E-state index is 12.8. The number of nitrogens with two attached hydrogens (primary N) is 1. The zero-order chi connectivity index (χ0) is 23.8. The lowest BCUT2D eigenvalue weighted by Gasteiger charge is -2.27. The van der Waals surface area contributed by atoms with E-state index in [1.54, 1.807) is 24.3 Å². The molecule has 0 fully saturated rings. The van der Waals surface area contributed by atoms with Crippen molar-refractivity contribution in [1.82, 2.24) is 9.80 Å². The number of fused-ring (bicyclic) bond motifs is 2.